The molecule has 1 atom stereocenters. The SMILES string of the molecule is CCC(CC)CC(=O)N1CCC(C2c3ncc(Br)cc3CCc3cc(Cl)cc(Br)c32)CC1. The van der Waals surface area contributed by atoms with Crippen LogP contribution in [-0.4, -0.2) is 28.9 Å². The summed E-state index contributed by atoms with van der Waals surface area (Å²) >= 11 is 13.9. The number of amides is 1. The number of hydrogen-bond donors (Lipinski definition) is 0. The molecule has 1 aliphatic heterocycles. The molecule has 1 aromatic heterocycles. The molecule has 6 heteroatoms. The van der Waals surface area contributed by atoms with Crippen molar-refractivity contribution in [3.63, 3.8) is 0 Å². The summed E-state index contributed by atoms with van der Waals surface area (Å²) in [4.78, 5) is 19.9. The van der Waals surface area contributed by atoms with E-state index in [4.69, 9.17) is 16.6 Å². The minimum absolute atomic E-state index is 0.221. The van der Waals surface area contributed by atoms with E-state index < -0.39 is 0 Å². The number of benzene rings is 1. The molecule has 1 unspecified atom stereocenters. The number of aromatic nitrogens is 1. The van der Waals surface area contributed by atoms with Crippen molar-refractivity contribution in [3.8, 4) is 0 Å². The highest BCUT2D eigenvalue weighted by molar-refractivity contribution is 9.10. The van der Waals surface area contributed by atoms with Crippen LogP contribution in [0.25, 0.3) is 0 Å². The van der Waals surface area contributed by atoms with Crippen molar-refractivity contribution < 1.29 is 4.79 Å². The van der Waals surface area contributed by atoms with Gasteiger partial charge in [-0.2, -0.15) is 0 Å². The standard InChI is InChI=1S/C26H31Br2ClN2O/c1-3-16(4-2)11-23(32)31-9-7-17(8-10-31)25-24-18(13-21(29)14-22(24)28)5-6-19-12-20(27)15-30-26(19)25/h12-17,25H,3-11H2,1-2H3. The van der Waals surface area contributed by atoms with E-state index in [2.05, 4.69) is 62.7 Å². The number of likely N-dealkylation sites (tertiary alicyclic amines) is 1. The van der Waals surface area contributed by atoms with Crippen LogP contribution in [0.3, 0.4) is 0 Å². The first-order chi connectivity index (χ1) is 15.4. The minimum atomic E-state index is 0.221. The predicted molar refractivity (Wildman–Crippen MR) is 138 cm³/mol. The lowest BCUT2D eigenvalue weighted by Crippen LogP contribution is -2.40. The van der Waals surface area contributed by atoms with Gasteiger partial charge in [0.15, 0.2) is 0 Å². The van der Waals surface area contributed by atoms with E-state index in [1.165, 1.54) is 22.4 Å². The Balaban J connectivity index is 1.62. The zero-order valence-electron chi connectivity index (χ0n) is 18.8. The quantitative estimate of drug-likeness (QED) is 0.365. The molecule has 0 N–H and O–H groups in total. The molecule has 1 saturated heterocycles. The van der Waals surface area contributed by atoms with E-state index in [-0.39, 0.29) is 5.92 Å². The number of piperidine rings is 1. The van der Waals surface area contributed by atoms with Crippen molar-refractivity contribution in [2.75, 3.05) is 13.1 Å². The average molecular weight is 583 g/mol. The molecule has 2 heterocycles. The maximum absolute atomic E-state index is 12.9. The van der Waals surface area contributed by atoms with E-state index in [9.17, 15) is 4.79 Å². The lowest BCUT2D eigenvalue weighted by molar-refractivity contribution is -0.133. The third-order valence-electron chi connectivity index (χ3n) is 7.40. The van der Waals surface area contributed by atoms with Crippen molar-refractivity contribution in [3.05, 3.63) is 60.7 Å². The summed E-state index contributed by atoms with van der Waals surface area (Å²) in [5, 5.41) is 0.774. The first-order valence-corrected chi connectivity index (χ1v) is 13.8. The van der Waals surface area contributed by atoms with Crippen LogP contribution in [0, 0.1) is 11.8 Å². The van der Waals surface area contributed by atoms with Crippen LogP contribution < -0.4 is 0 Å². The number of fused-ring (bicyclic) bond motifs is 2. The van der Waals surface area contributed by atoms with Crippen LogP contribution in [0.1, 0.15) is 74.3 Å². The highest BCUT2D eigenvalue weighted by Crippen LogP contribution is 2.46. The van der Waals surface area contributed by atoms with Gasteiger partial charge >= 0.3 is 0 Å². The third kappa shape index (κ3) is 5.10. The molecule has 4 rings (SSSR count). The van der Waals surface area contributed by atoms with Gasteiger partial charge in [0.1, 0.15) is 0 Å². The first-order valence-electron chi connectivity index (χ1n) is 11.8. The van der Waals surface area contributed by atoms with Crippen LogP contribution >= 0.6 is 43.5 Å². The van der Waals surface area contributed by atoms with Crippen LogP contribution in [0.4, 0.5) is 0 Å². The molecule has 32 heavy (non-hydrogen) atoms. The summed E-state index contributed by atoms with van der Waals surface area (Å²) in [6, 6.07) is 6.38. The minimum Gasteiger partial charge on any atom is -0.343 e. The Morgan fingerprint density at radius 3 is 2.50 bits per heavy atom. The van der Waals surface area contributed by atoms with Gasteiger partial charge in [0.2, 0.25) is 5.91 Å². The molecular formula is C26H31Br2ClN2O. The Bertz CT molecular complexity index is 984. The summed E-state index contributed by atoms with van der Waals surface area (Å²) in [5.41, 5.74) is 5.16. The molecule has 1 aliphatic carbocycles. The van der Waals surface area contributed by atoms with Crippen molar-refractivity contribution in [1.29, 1.82) is 0 Å². The smallest absolute Gasteiger partial charge is 0.222 e. The summed E-state index contributed by atoms with van der Waals surface area (Å²) in [6.45, 7) is 6.05. The Kier molecular flexibility index (Phi) is 8.00. The van der Waals surface area contributed by atoms with Gasteiger partial charge in [0, 0.05) is 45.6 Å². The third-order valence-corrected chi connectivity index (χ3v) is 8.71. The first kappa shape index (κ1) is 24.2. The summed E-state index contributed by atoms with van der Waals surface area (Å²) in [7, 11) is 0. The lowest BCUT2D eigenvalue weighted by atomic mass is 9.76. The number of pyridine rings is 1. The number of rotatable bonds is 5. The number of carbonyl (C=O) groups is 1. The van der Waals surface area contributed by atoms with E-state index in [0.717, 1.165) is 65.6 Å². The molecular weight excluding hydrogens is 552 g/mol. The summed E-state index contributed by atoms with van der Waals surface area (Å²) in [5.74, 6) is 1.51. The zero-order chi connectivity index (χ0) is 22.8. The highest BCUT2D eigenvalue weighted by atomic mass is 79.9. The topological polar surface area (TPSA) is 33.2 Å². The van der Waals surface area contributed by atoms with Crippen molar-refractivity contribution in [2.24, 2.45) is 11.8 Å². The Morgan fingerprint density at radius 2 is 1.81 bits per heavy atom. The normalized spacial score (nSPS) is 18.9. The highest BCUT2D eigenvalue weighted by Gasteiger charge is 2.36. The fraction of sp³-hybridized carbons (Fsp3) is 0.538. The van der Waals surface area contributed by atoms with Gasteiger partial charge < -0.3 is 4.90 Å². The van der Waals surface area contributed by atoms with Crippen molar-refractivity contribution in [2.45, 2.75) is 64.7 Å². The van der Waals surface area contributed by atoms with Crippen LogP contribution in [0.15, 0.2) is 33.3 Å². The molecule has 1 fully saturated rings. The molecule has 0 radical (unpaired) electrons. The van der Waals surface area contributed by atoms with Crippen LogP contribution in [0.5, 0.6) is 0 Å². The predicted octanol–water partition coefficient (Wildman–Crippen LogP) is 7.56. The van der Waals surface area contributed by atoms with Crippen LogP contribution in [0.2, 0.25) is 5.02 Å². The van der Waals surface area contributed by atoms with Gasteiger partial charge in [-0.05, 0) is 88.3 Å². The fourth-order valence-electron chi connectivity index (χ4n) is 5.47. The second-order valence-corrected chi connectivity index (χ2v) is 11.4. The molecule has 1 amide bonds. The average Bonchev–Trinajstić information content (AvgIpc) is 2.94. The number of nitrogens with zero attached hydrogens (tertiary/aromatic N) is 2. The fourth-order valence-corrected chi connectivity index (χ4v) is 6.97. The maximum atomic E-state index is 12.9. The van der Waals surface area contributed by atoms with Gasteiger partial charge in [-0.25, -0.2) is 0 Å². The number of carbonyl (C=O) groups excluding carboxylic acids is 1. The molecule has 2 aromatic rings. The van der Waals surface area contributed by atoms with E-state index in [0.29, 0.717) is 24.2 Å². The van der Waals surface area contributed by atoms with Gasteiger partial charge in [-0.15, -0.1) is 0 Å². The second kappa shape index (κ2) is 10.6. The van der Waals surface area contributed by atoms with Crippen molar-refractivity contribution >= 4 is 49.4 Å². The van der Waals surface area contributed by atoms with Gasteiger partial charge in [-0.1, -0.05) is 54.2 Å². The van der Waals surface area contributed by atoms with E-state index in [1.807, 2.05) is 12.3 Å². The van der Waals surface area contributed by atoms with Crippen LogP contribution in [-0.2, 0) is 17.6 Å². The summed E-state index contributed by atoms with van der Waals surface area (Å²) in [6.07, 6.45) is 8.70. The zero-order valence-corrected chi connectivity index (χ0v) is 22.8. The largest absolute Gasteiger partial charge is 0.343 e. The van der Waals surface area contributed by atoms with E-state index >= 15 is 0 Å². The Labute approximate surface area is 213 Å². The van der Waals surface area contributed by atoms with Gasteiger partial charge in [-0.3, -0.25) is 9.78 Å². The Hall–Kier alpha value is -0.910. The lowest BCUT2D eigenvalue weighted by Gasteiger charge is -2.37. The molecule has 0 spiro atoms. The van der Waals surface area contributed by atoms with Gasteiger partial charge in [0.05, 0.1) is 5.69 Å². The van der Waals surface area contributed by atoms with Crippen molar-refractivity contribution in [1.82, 2.24) is 9.88 Å². The molecule has 172 valence electrons. The monoisotopic (exact) mass is 580 g/mol. The second-order valence-electron chi connectivity index (χ2n) is 9.24. The molecule has 3 nitrogen and oxygen atoms in total. The summed E-state index contributed by atoms with van der Waals surface area (Å²) < 4.78 is 2.11. The maximum Gasteiger partial charge on any atom is 0.222 e. The molecule has 0 saturated carbocycles. The van der Waals surface area contributed by atoms with E-state index in [1.54, 1.807) is 0 Å². The number of halogens is 3. The number of aryl methyl sites for hydroxylation is 2. The molecule has 1 aromatic carbocycles. The molecule has 2 aliphatic rings. The molecule has 0 bridgehead atoms. The van der Waals surface area contributed by atoms with Gasteiger partial charge in [0.25, 0.3) is 0 Å². The number of hydrogen-bond acceptors (Lipinski definition) is 2. The Morgan fingerprint density at radius 1 is 1.12 bits per heavy atom.